The van der Waals surface area contributed by atoms with Gasteiger partial charge in [0.15, 0.2) is 5.65 Å². The van der Waals surface area contributed by atoms with Crippen molar-refractivity contribution in [2.24, 2.45) is 5.92 Å². The zero-order chi connectivity index (χ0) is 31.9. The second-order valence-corrected chi connectivity index (χ2v) is 13.0. The van der Waals surface area contributed by atoms with E-state index in [0.29, 0.717) is 42.9 Å². The van der Waals surface area contributed by atoms with Gasteiger partial charge in [0.05, 0.1) is 17.6 Å². The van der Waals surface area contributed by atoms with Crippen molar-refractivity contribution in [2.75, 3.05) is 30.0 Å². The number of fused-ring (bicyclic) bond motifs is 1. The minimum Gasteiger partial charge on any atom is -0.443 e. The molecule has 2 fully saturated rings. The van der Waals surface area contributed by atoms with Crippen molar-refractivity contribution in [3.63, 3.8) is 0 Å². The van der Waals surface area contributed by atoms with E-state index in [0.717, 1.165) is 26.7 Å². The van der Waals surface area contributed by atoms with Crippen molar-refractivity contribution in [1.82, 2.24) is 19.9 Å². The lowest BCUT2D eigenvalue weighted by Crippen LogP contribution is -2.46. The monoisotopic (exact) mass is 616 g/mol. The maximum absolute atomic E-state index is 13.9. The van der Waals surface area contributed by atoms with Crippen molar-refractivity contribution in [2.45, 2.75) is 83.7 Å². The molecule has 44 heavy (non-hydrogen) atoms. The summed E-state index contributed by atoms with van der Waals surface area (Å²) < 4.78 is 54.5. The third kappa shape index (κ3) is 7.25. The van der Waals surface area contributed by atoms with E-state index in [1.165, 1.54) is 15.5 Å². The average Bonchev–Trinajstić information content (AvgIpc) is 3.65. The first-order chi connectivity index (χ1) is 20.6. The number of rotatable bonds is 8. The van der Waals surface area contributed by atoms with Gasteiger partial charge in [-0.1, -0.05) is 12.1 Å². The molecule has 0 spiro atoms. The topological polar surface area (TPSA) is 110 Å². The van der Waals surface area contributed by atoms with Gasteiger partial charge in [0.1, 0.15) is 17.0 Å². The number of aromatic nitrogens is 3. The minimum atomic E-state index is -4.59. The highest BCUT2D eigenvalue weighted by atomic mass is 19.4. The normalized spacial score (nSPS) is 16.5. The summed E-state index contributed by atoms with van der Waals surface area (Å²) in [6, 6.07) is 8.46. The highest BCUT2D eigenvalue weighted by Gasteiger charge is 2.48. The summed E-state index contributed by atoms with van der Waals surface area (Å²) in [5, 5.41) is 9.97. The SMILES string of the molecule is CC(C)(C)OC(=O)N(CC1CCOCC1)c1cc(NC(C)(C)C(F)(F)F)nn2c(-c3ccc(C(=O)NC4CC4)cc3)cnc12. The fourth-order valence-corrected chi connectivity index (χ4v) is 4.86. The molecular weight excluding hydrogens is 577 g/mol. The van der Waals surface area contributed by atoms with Crippen LogP contribution in [0.2, 0.25) is 0 Å². The number of halogens is 3. The molecule has 13 heteroatoms. The number of benzene rings is 1. The molecule has 2 aromatic heterocycles. The predicted molar refractivity (Wildman–Crippen MR) is 160 cm³/mol. The lowest BCUT2D eigenvalue weighted by molar-refractivity contribution is -0.168. The van der Waals surface area contributed by atoms with Gasteiger partial charge < -0.3 is 20.1 Å². The van der Waals surface area contributed by atoms with Gasteiger partial charge in [-0.25, -0.2) is 14.3 Å². The molecule has 1 aromatic carbocycles. The van der Waals surface area contributed by atoms with Crippen LogP contribution >= 0.6 is 0 Å². The lowest BCUT2D eigenvalue weighted by Gasteiger charge is -2.33. The number of hydrogen-bond donors (Lipinski definition) is 2. The Morgan fingerprint density at radius 2 is 1.70 bits per heavy atom. The molecule has 1 saturated carbocycles. The Kier molecular flexibility index (Phi) is 8.54. The Morgan fingerprint density at radius 1 is 1.05 bits per heavy atom. The van der Waals surface area contributed by atoms with Crippen LogP contribution in [0.3, 0.4) is 0 Å². The summed E-state index contributed by atoms with van der Waals surface area (Å²) in [5.74, 6) is -0.189. The highest BCUT2D eigenvalue weighted by Crippen LogP contribution is 2.36. The molecular formula is C31H39F3N6O4. The molecule has 0 atom stereocenters. The third-order valence-corrected chi connectivity index (χ3v) is 7.64. The molecule has 2 N–H and O–H groups in total. The molecule has 0 radical (unpaired) electrons. The van der Waals surface area contributed by atoms with Gasteiger partial charge in [-0.15, -0.1) is 5.10 Å². The zero-order valence-electron chi connectivity index (χ0n) is 25.6. The number of carbonyl (C=O) groups excluding carboxylic acids is 2. The van der Waals surface area contributed by atoms with Gasteiger partial charge in [-0.2, -0.15) is 13.2 Å². The fourth-order valence-electron chi connectivity index (χ4n) is 4.86. The number of nitrogens with zero attached hydrogens (tertiary/aromatic N) is 4. The van der Waals surface area contributed by atoms with E-state index in [9.17, 15) is 22.8 Å². The van der Waals surface area contributed by atoms with Crippen LogP contribution in [0, 0.1) is 5.92 Å². The smallest absolute Gasteiger partial charge is 0.414 e. The summed E-state index contributed by atoms with van der Waals surface area (Å²) in [7, 11) is 0. The number of alkyl halides is 3. The van der Waals surface area contributed by atoms with Gasteiger partial charge in [0.25, 0.3) is 5.91 Å². The number of amides is 2. The van der Waals surface area contributed by atoms with E-state index in [1.54, 1.807) is 51.2 Å². The fraction of sp³-hybridized carbons (Fsp3) is 0.548. The van der Waals surface area contributed by atoms with Crippen LogP contribution in [0.5, 0.6) is 0 Å². The van der Waals surface area contributed by atoms with Crippen molar-refractivity contribution in [3.05, 3.63) is 42.1 Å². The van der Waals surface area contributed by atoms with Crippen LogP contribution in [0.15, 0.2) is 36.5 Å². The van der Waals surface area contributed by atoms with Gasteiger partial charge in [-0.05, 0) is 78.4 Å². The molecule has 5 rings (SSSR count). The molecule has 10 nitrogen and oxygen atoms in total. The van der Waals surface area contributed by atoms with Crippen molar-refractivity contribution in [3.8, 4) is 11.3 Å². The van der Waals surface area contributed by atoms with Gasteiger partial charge >= 0.3 is 12.3 Å². The maximum Gasteiger partial charge on any atom is 0.414 e. The first-order valence-corrected chi connectivity index (χ1v) is 14.8. The van der Waals surface area contributed by atoms with Gasteiger partial charge in [-0.3, -0.25) is 9.69 Å². The Bertz CT molecular complexity index is 1500. The van der Waals surface area contributed by atoms with E-state index in [4.69, 9.17) is 9.47 Å². The van der Waals surface area contributed by atoms with Gasteiger partial charge in [0.2, 0.25) is 0 Å². The third-order valence-electron chi connectivity index (χ3n) is 7.64. The van der Waals surface area contributed by atoms with E-state index in [-0.39, 0.29) is 41.6 Å². The van der Waals surface area contributed by atoms with Crippen LogP contribution in [-0.2, 0) is 9.47 Å². The van der Waals surface area contributed by atoms with Crippen LogP contribution in [0.4, 0.5) is 29.5 Å². The summed E-state index contributed by atoms with van der Waals surface area (Å²) in [6.45, 7) is 8.65. The Hall–Kier alpha value is -3.87. The second-order valence-electron chi connectivity index (χ2n) is 13.0. The molecule has 1 saturated heterocycles. The van der Waals surface area contributed by atoms with Crippen LogP contribution in [-0.4, -0.2) is 69.7 Å². The minimum absolute atomic E-state index is 0.0799. The number of nitrogens with one attached hydrogen (secondary N) is 2. The average molecular weight is 617 g/mol. The predicted octanol–water partition coefficient (Wildman–Crippen LogP) is 6.21. The molecule has 3 aromatic rings. The van der Waals surface area contributed by atoms with Crippen molar-refractivity contribution < 1.29 is 32.2 Å². The number of hydrogen-bond acceptors (Lipinski definition) is 7. The first-order valence-electron chi connectivity index (χ1n) is 14.8. The Morgan fingerprint density at radius 3 is 2.30 bits per heavy atom. The summed E-state index contributed by atoms with van der Waals surface area (Å²) >= 11 is 0. The molecule has 2 aliphatic rings. The van der Waals surface area contributed by atoms with Gasteiger partial charge in [0, 0.05) is 43.0 Å². The summed E-state index contributed by atoms with van der Waals surface area (Å²) in [4.78, 5) is 32.2. The summed E-state index contributed by atoms with van der Waals surface area (Å²) in [6.07, 6.45) is -0.322. The van der Waals surface area contributed by atoms with Crippen LogP contribution < -0.4 is 15.5 Å². The molecule has 0 unspecified atom stereocenters. The van der Waals surface area contributed by atoms with Crippen molar-refractivity contribution in [1.29, 1.82) is 0 Å². The van der Waals surface area contributed by atoms with E-state index in [1.807, 2.05) is 0 Å². The van der Waals surface area contributed by atoms with Crippen molar-refractivity contribution >= 4 is 29.2 Å². The second kappa shape index (κ2) is 11.9. The molecule has 0 bridgehead atoms. The maximum atomic E-state index is 13.9. The van der Waals surface area contributed by atoms with E-state index >= 15 is 0 Å². The largest absolute Gasteiger partial charge is 0.443 e. The molecule has 2 amide bonds. The van der Waals surface area contributed by atoms with E-state index < -0.39 is 23.4 Å². The summed E-state index contributed by atoms with van der Waals surface area (Å²) in [5.41, 5.74) is -1.03. The number of anilines is 2. The standard InChI is InChI=1S/C31H39F3N6O4/c1-29(2,3)44-28(42)39(18-19-12-14-43-15-13-19)23-16-25(37-30(4,5)31(32,33)34)38-40-24(17-35-26(23)40)20-6-8-21(9-7-20)27(41)36-22-10-11-22/h6-9,16-17,19,22H,10-15,18H2,1-5H3,(H,36,41)(H,37,38). The number of carbonyl (C=O) groups is 2. The first kappa shape index (κ1) is 31.6. The Labute approximate surface area is 254 Å². The highest BCUT2D eigenvalue weighted by molar-refractivity contribution is 5.95. The quantitative estimate of drug-likeness (QED) is 0.310. The Balaban J connectivity index is 1.60. The zero-order valence-corrected chi connectivity index (χ0v) is 25.6. The number of ether oxygens (including phenoxy) is 2. The van der Waals surface area contributed by atoms with Crippen LogP contribution in [0.1, 0.15) is 70.7 Å². The molecule has 1 aliphatic heterocycles. The lowest BCUT2D eigenvalue weighted by atomic mass is 9.99. The van der Waals surface area contributed by atoms with E-state index in [2.05, 4.69) is 20.7 Å². The molecule has 238 valence electrons. The van der Waals surface area contributed by atoms with Crippen LogP contribution in [0.25, 0.3) is 16.9 Å². The number of imidazole rings is 1. The molecule has 3 heterocycles. The molecule has 1 aliphatic carbocycles.